The number of nitrogens with zero attached hydrogens (tertiary/aromatic N) is 3. The van der Waals surface area contributed by atoms with Crippen molar-refractivity contribution in [1.29, 1.82) is 0 Å². The van der Waals surface area contributed by atoms with E-state index in [1.807, 2.05) is 35.0 Å². The molecule has 4 aromatic rings. The Hall–Kier alpha value is -2.85. The molecule has 0 N–H and O–H groups in total. The van der Waals surface area contributed by atoms with Crippen molar-refractivity contribution in [2.24, 2.45) is 0 Å². The minimum atomic E-state index is 1.04. The summed E-state index contributed by atoms with van der Waals surface area (Å²) in [6.07, 6.45) is 9.89. The fourth-order valence-electron chi connectivity index (χ4n) is 2.79. The second-order valence-corrected chi connectivity index (χ2v) is 6.44. The first-order valence-electron chi connectivity index (χ1n) is 8.05. The van der Waals surface area contributed by atoms with Crippen LogP contribution in [0.3, 0.4) is 0 Å². The van der Waals surface area contributed by atoms with Gasteiger partial charge in [-0.25, -0.2) is 4.68 Å². The molecule has 122 valence electrons. The molecule has 0 atom stereocenters. The van der Waals surface area contributed by atoms with Crippen LogP contribution < -0.4 is 0 Å². The number of benzene rings is 2. The van der Waals surface area contributed by atoms with Crippen molar-refractivity contribution in [2.45, 2.75) is 5.03 Å². The van der Waals surface area contributed by atoms with Crippen LogP contribution in [0, 0.1) is 0 Å². The summed E-state index contributed by atoms with van der Waals surface area (Å²) >= 11 is 1.67. The van der Waals surface area contributed by atoms with E-state index in [9.17, 15) is 0 Å². The molecule has 0 aliphatic rings. The fraction of sp³-hybridized carbons (Fsp3) is 0.0476. The van der Waals surface area contributed by atoms with Crippen LogP contribution in [0.15, 0.2) is 78.1 Å². The van der Waals surface area contributed by atoms with Gasteiger partial charge in [-0.1, -0.05) is 36.4 Å². The van der Waals surface area contributed by atoms with Crippen LogP contribution in [-0.4, -0.2) is 21.0 Å². The van der Waals surface area contributed by atoms with Gasteiger partial charge in [-0.3, -0.25) is 4.98 Å². The van der Waals surface area contributed by atoms with E-state index < -0.39 is 0 Å². The number of hydrogen-bond acceptors (Lipinski definition) is 3. The van der Waals surface area contributed by atoms with Gasteiger partial charge in [0.1, 0.15) is 5.03 Å². The molecule has 2 aromatic heterocycles. The normalized spacial score (nSPS) is 11.4. The predicted octanol–water partition coefficient (Wildman–Crippen LogP) is 5.31. The van der Waals surface area contributed by atoms with Gasteiger partial charge in [0, 0.05) is 17.8 Å². The maximum Gasteiger partial charge on any atom is 0.126 e. The number of hydrogen-bond donors (Lipinski definition) is 0. The molecule has 0 saturated carbocycles. The van der Waals surface area contributed by atoms with Crippen molar-refractivity contribution in [2.75, 3.05) is 6.26 Å². The zero-order chi connectivity index (χ0) is 17.1. The monoisotopic (exact) mass is 343 g/mol. The Morgan fingerprint density at radius 1 is 0.880 bits per heavy atom. The number of pyridine rings is 1. The third kappa shape index (κ3) is 3.21. The van der Waals surface area contributed by atoms with Crippen LogP contribution >= 0.6 is 11.8 Å². The molecule has 2 heterocycles. The number of aromatic nitrogens is 3. The van der Waals surface area contributed by atoms with Crippen LogP contribution in [0.1, 0.15) is 11.1 Å². The number of fused-ring (bicyclic) bond motifs is 1. The molecule has 0 aliphatic carbocycles. The number of rotatable bonds is 4. The Kier molecular flexibility index (Phi) is 4.36. The third-order valence-electron chi connectivity index (χ3n) is 4.04. The first-order valence-corrected chi connectivity index (χ1v) is 9.28. The molecule has 0 fully saturated rings. The standard InChI is InChI=1S/C21H17N3S/c1-25-21-19-10-9-17(8-7-16-11-13-22-14-12-16)15-20(19)24(23-21)18-5-3-2-4-6-18/h2-15H,1H3/b8-7+. The SMILES string of the molecule is CSc1nn(-c2ccccc2)c2cc(/C=C/c3ccncc3)ccc12. The molecule has 0 saturated heterocycles. The molecule has 2 aromatic carbocycles. The van der Waals surface area contributed by atoms with Gasteiger partial charge in [-0.2, -0.15) is 5.10 Å². The summed E-state index contributed by atoms with van der Waals surface area (Å²) in [6.45, 7) is 0. The van der Waals surface area contributed by atoms with E-state index in [1.54, 1.807) is 24.2 Å². The van der Waals surface area contributed by atoms with E-state index in [2.05, 4.69) is 53.7 Å². The van der Waals surface area contributed by atoms with Crippen molar-refractivity contribution >= 4 is 34.8 Å². The Labute approximate surface area is 151 Å². The van der Waals surface area contributed by atoms with E-state index in [4.69, 9.17) is 5.10 Å². The van der Waals surface area contributed by atoms with Crippen molar-refractivity contribution < 1.29 is 0 Å². The topological polar surface area (TPSA) is 30.7 Å². The quantitative estimate of drug-likeness (QED) is 0.470. The summed E-state index contributed by atoms with van der Waals surface area (Å²) < 4.78 is 2.02. The summed E-state index contributed by atoms with van der Waals surface area (Å²) in [5.41, 5.74) is 4.47. The van der Waals surface area contributed by atoms with Gasteiger partial charge in [-0.05, 0) is 53.8 Å². The summed E-state index contributed by atoms with van der Waals surface area (Å²) in [5, 5.41) is 7.01. The number of thioether (sulfide) groups is 1. The highest BCUT2D eigenvalue weighted by atomic mass is 32.2. The molecule has 4 heteroatoms. The lowest BCUT2D eigenvalue weighted by Crippen LogP contribution is -1.95. The maximum atomic E-state index is 4.78. The molecule has 3 nitrogen and oxygen atoms in total. The predicted molar refractivity (Wildman–Crippen MR) is 106 cm³/mol. The first-order chi connectivity index (χ1) is 12.3. The minimum absolute atomic E-state index is 1.04. The Bertz CT molecular complexity index is 1020. The largest absolute Gasteiger partial charge is 0.265 e. The van der Waals surface area contributed by atoms with Gasteiger partial charge in [0.2, 0.25) is 0 Å². The first kappa shape index (κ1) is 15.7. The number of para-hydroxylation sites is 1. The van der Waals surface area contributed by atoms with Gasteiger partial charge < -0.3 is 0 Å². The van der Waals surface area contributed by atoms with Crippen LogP contribution in [0.2, 0.25) is 0 Å². The molecule has 4 rings (SSSR count). The van der Waals surface area contributed by atoms with Crippen LogP contribution in [0.4, 0.5) is 0 Å². The smallest absolute Gasteiger partial charge is 0.126 e. The van der Waals surface area contributed by atoms with E-state index in [-0.39, 0.29) is 0 Å². The third-order valence-corrected chi connectivity index (χ3v) is 4.73. The second kappa shape index (κ2) is 6.95. The lowest BCUT2D eigenvalue weighted by Gasteiger charge is -2.03. The van der Waals surface area contributed by atoms with Crippen LogP contribution in [0.5, 0.6) is 0 Å². The summed E-state index contributed by atoms with van der Waals surface area (Å²) in [5.74, 6) is 0. The van der Waals surface area contributed by atoms with Gasteiger partial charge >= 0.3 is 0 Å². The van der Waals surface area contributed by atoms with Gasteiger partial charge in [0.05, 0.1) is 11.2 Å². The minimum Gasteiger partial charge on any atom is -0.265 e. The average Bonchev–Trinajstić information content (AvgIpc) is 3.06. The highest BCUT2D eigenvalue weighted by Crippen LogP contribution is 2.29. The van der Waals surface area contributed by atoms with Crippen molar-refractivity contribution in [3.63, 3.8) is 0 Å². The summed E-state index contributed by atoms with van der Waals surface area (Å²) in [4.78, 5) is 4.05. The zero-order valence-corrected chi connectivity index (χ0v) is 14.6. The van der Waals surface area contributed by atoms with Crippen molar-refractivity contribution in [1.82, 2.24) is 14.8 Å². The average molecular weight is 343 g/mol. The van der Waals surface area contributed by atoms with Crippen molar-refractivity contribution in [3.05, 3.63) is 84.2 Å². The molecule has 0 amide bonds. The summed E-state index contributed by atoms with van der Waals surface area (Å²) in [7, 11) is 0. The Morgan fingerprint density at radius 2 is 1.64 bits per heavy atom. The van der Waals surface area contributed by atoms with E-state index in [0.717, 1.165) is 27.4 Å². The highest BCUT2D eigenvalue weighted by Gasteiger charge is 2.11. The summed E-state index contributed by atoms with van der Waals surface area (Å²) in [6, 6.07) is 20.7. The second-order valence-electron chi connectivity index (χ2n) is 5.65. The molecule has 25 heavy (non-hydrogen) atoms. The van der Waals surface area contributed by atoms with E-state index in [1.165, 1.54) is 5.39 Å². The van der Waals surface area contributed by atoms with Gasteiger partial charge in [-0.15, -0.1) is 11.8 Å². The molecular formula is C21H17N3S. The Morgan fingerprint density at radius 3 is 2.40 bits per heavy atom. The van der Waals surface area contributed by atoms with Crippen LogP contribution in [-0.2, 0) is 0 Å². The zero-order valence-electron chi connectivity index (χ0n) is 13.8. The van der Waals surface area contributed by atoms with E-state index >= 15 is 0 Å². The van der Waals surface area contributed by atoms with Crippen molar-refractivity contribution in [3.8, 4) is 5.69 Å². The molecule has 0 spiro atoms. The molecular weight excluding hydrogens is 326 g/mol. The molecule has 0 bridgehead atoms. The molecule has 0 radical (unpaired) electrons. The molecule has 0 aliphatic heterocycles. The fourth-order valence-corrected chi connectivity index (χ4v) is 3.35. The van der Waals surface area contributed by atoms with Gasteiger partial charge in [0.25, 0.3) is 0 Å². The highest BCUT2D eigenvalue weighted by molar-refractivity contribution is 7.98. The van der Waals surface area contributed by atoms with E-state index in [0.29, 0.717) is 0 Å². The Balaban J connectivity index is 1.80. The lowest BCUT2D eigenvalue weighted by atomic mass is 10.1. The lowest BCUT2D eigenvalue weighted by molar-refractivity contribution is 0.861. The maximum absolute atomic E-state index is 4.78. The van der Waals surface area contributed by atoms with Crippen LogP contribution in [0.25, 0.3) is 28.7 Å². The van der Waals surface area contributed by atoms with Gasteiger partial charge in [0.15, 0.2) is 0 Å². The molecule has 0 unspecified atom stereocenters.